The highest BCUT2D eigenvalue weighted by atomic mass is 19.1. The molecule has 26 heavy (non-hydrogen) atoms. The van der Waals surface area contributed by atoms with Gasteiger partial charge in [0.1, 0.15) is 5.82 Å². The molecule has 1 unspecified atom stereocenters. The smallest absolute Gasteiger partial charge is 0.449 e. The maximum atomic E-state index is 15.0. The molecule has 2 aliphatic rings. The van der Waals surface area contributed by atoms with Crippen LogP contribution in [0.3, 0.4) is 0 Å². The number of piperazine rings is 1. The van der Waals surface area contributed by atoms with Gasteiger partial charge in [-0.05, 0) is 26.5 Å². The Morgan fingerprint density at radius 1 is 1.31 bits per heavy atom. The molecule has 1 aromatic heterocycles. The van der Waals surface area contributed by atoms with Crippen LogP contribution < -0.4 is 15.1 Å². The summed E-state index contributed by atoms with van der Waals surface area (Å²) >= 11 is 0. The van der Waals surface area contributed by atoms with E-state index in [1.807, 2.05) is 23.4 Å². The van der Waals surface area contributed by atoms with E-state index in [1.165, 1.54) is 12.3 Å². The molecule has 0 spiro atoms. The summed E-state index contributed by atoms with van der Waals surface area (Å²) in [6.45, 7) is 5.12. The van der Waals surface area contributed by atoms with Crippen LogP contribution in [-0.4, -0.2) is 54.0 Å². The Kier molecular flexibility index (Phi) is 3.87. The molecule has 1 atom stereocenters. The second-order valence-corrected chi connectivity index (χ2v) is 7.02. The van der Waals surface area contributed by atoms with E-state index < -0.39 is 17.4 Å². The van der Waals surface area contributed by atoms with Gasteiger partial charge in [-0.15, -0.1) is 0 Å². The predicted octanol–water partition coefficient (Wildman–Crippen LogP) is 2.07. The minimum Gasteiger partial charge on any atom is -0.449 e. The number of aromatic nitrogens is 1. The minimum absolute atomic E-state index is 0.0164. The number of likely N-dealkylation sites (N-methyl/N-ethyl adjacent to an activating group) is 1. The van der Waals surface area contributed by atoms with E-state index in [-0.39, 0.29) is 17.2 Å². The molecule has 1 fully saturated rings. The number of nitrogens with zero attached hydrogens (tertiary/aromatic N) is 3. The predicted molar refractivity (Wildman–Crippen MR) is 94.9 cm³/mol. The van der Waals surface area contributed by atoms with Gasteiger partial charge in [0, 0.05) is 37.8 Å². The van der Waals surface area contributed by atoms with Gasteiger partial charge in [0.15, 0.2) is 5.75 Å². The Morgan fingerprint density at radius 3 is 2.65 bits per heavy atom. The first-order valence-corrected chi connectivity index (χ1v) is 8.61. The number of rotatable bonds is 2. The van der Waals surface area contributed by atoms with Gasteiger partial charge in [0.2, 0.25) is 5.43 Å². The van der Waals surface area contributed by atoms with Gasteiger partial charge in [0.05, 0.1) is 22.8 Å². The molecule has 1 N–H and O–H groups in total. The molecule has 0 saturated carbocycles. The fourth-order valence-electron chi connectivity index (χ4n) is 4.01. The van der Waals surface area contributed by atoms with Crippen molar-refractivity contribution in [1.29, 1.82) is 0 Å². The van der Waals surface area contributed by atoms with E-state index in [2.05, 4.69) is 9.64 Å². The lowest BCUT2D eigenvalue weighted by Crippen LogP contribution is -2.45. The van der Waals surface area contributed by atoms with Crippen molar-refractivity contribution in [3.63, 3.8) is 0 Å². The van der Waals surface area contributed by atoms with Crippen molar-refractivity contribution in [2.75, 3.05) is 38.1 Å². The molecule has 0 aliphatic carbocycles. The van der Waals surface area contributed by atoms with Crippen LogP contribution in [0.2, 0.25) is 0 Å². The number of hydrogen-bond acceptors (Lipinski definition) is 5. The number of ether oxygens (including phenoxy) is 1. The first kappa shape index (κ1) is 16.8. The second-order valence-electron chi connectivity index (χ2n) is 7.02. The Bertz CT molecular complexity index is 963. The number of anilines is 1. The summed E-state index contributed by atoms with van der Waals surface area (Å²) in [6, 6.07) is 1.20. The fourth-order valence-corrected chi connectivity index (χ4v) is 4.01. The van der Waals surface area contributed by atoms with Crippen LogP contribution in [0.5, 0.6) is 5.75 Å². The number of benzene rings is 1. The highest BCUT2D eigenvalue weighted by molar-refractivity contribution is 5.90. The highest BCUT2D eigenvalue weighted by Gasteiger charge is 2.31. The zero-order valence-electron chi connectivity index (χ0n) is 14.7. The average Bonchev–Trinajstić information content (AvgIpc) is 2.89. The SMILES string of the molecule is CC1Cc2c(N3CCN(C)CC3)c(F)cc3c(=O)c(OC(=O)O)cn1c23. The van der Waals surface area contributed by atoms with Gasteiger partial charge in [-0.2, -0.15) is 0 Å². The fraction of sp³-hybridized carbons (Fsp3) is 0.444. The molecule has 7 nitrogen and oxygen atoms in total. The van der Waals surface area contributed by atoms with Crippen molar-refractivity contribution < 1.29 is 19.0 Å². The third-order valence-electron chi connectivity index (χ3n) is 5.30. The Hall–Kier alpha value is -2.61. The summed E-state index contributed by atoms with van der Waals surface area (Å²) in [4.78, 5) is 27.7. The van der Waals surface area contributed by atoms with E-state index in [9.17, 15) is 9.59 Å². The van der Waals surface area contributed by atoms with Crippen molar-refractivity contribution >= 4 is 22.7 Å². The van der Waals surface area contributed by atoms with Crippen LogP contribution in [0.1, 0.15) is 18.5 Å². The monoisotopic (exact) mass is 361 g/mol. The van der Waals surface area contributed by atoms with Gasteiger partial charge in [-0.1, -0.05) is 0 Å². The molecular formula is C18H20FN3O4. The topological polar surface area (TPSA) is 75.0 Å². The third kappa shape index (κ3) is 2.52. The van der Waals surface area contributed by atoms with Gasteiger partial charge in [0.25, 0.3) is 0 Å². The minimum atomic E-state index is -1.56. The normalized spacial score (nSPS) is 20.0. The molecule has 3 heterocycles. The van der Waals surface area contributed by atoms with E-state index in [4.69, 9.17) is 5.11 Å². The van der Waals surface area contributed by atoms with Crippen molar-refractivity contribution in [3.05, 3.63) is 33.9 Å². The zero-order valence-corrected chi connectivity index (χ0v) is 14.7. The molecule has 1 aromatic carbocycles. The molecule has 0 bridgehead atoms. The van der Waals surface area contributed by atoms with Crippen molar-refractivity contribution in [2.45, 2.75) is 19.4 Å². The molecule has 8 heteroatoms. The number of carboxylic acid groups (broad SMARTS) is 1. The van der Waals surface area contributed by atoms with Gasteiger partial charge in [-0.3, -0.25) is 4.79 Å². The molecule has 1 saturated heterocycles. The van der Waals surface area contributed by atoms with Crippen LogP contribution in [0.4, 0.5) is 14.9 Å². The number of pyridine rings is 1. The second kappa shape index (κ2) is 5.98. The van der Waals surface area contributed by atoms with Gasteiger partial charge < -0.3 is 24.2 Å². The summed E-state index contributed by atoms with van der Waals surface area (Å²) in [5, 5.41) is 9.01. The van der Waals surface area contributed by atoms with Crippen LogP contribution in [0.25, 0.3) is 10.9 Å². The Labute approximate surface area is 149 Å². The van der Waals surface area contributed by atoms with E-state index in [0.717, 1.165) is 31.7 Å². The maximum absolute atomic E-state index is 15.0. The summed E-state index contributed by atoms with van der Waals surface area (Å²) in [7, 11) is 2.04. The summed E-state index contributed by atoms with van der Waals surface area (Å²) in [6.07, 6.45) is 0.451. The van der Waals surface area contributed by atoms with Crippen molar-refractivity contribution in [2.24, 2.45) is 0 Å². The Balaban J connectivity index is 1.92. The molecule has 0 amide bonds. The largest absolute Gasteiger partial charge is 0.511 e. The summed E-state index contributed by atoms with van der Waals surface area (Å²) in [5.41, 5.74) is 1.46. The molecule has 2 aliphatic heterocycles. The first-order valence-electron chi connectivity index (χ1n) is 8.61. The Morgan fingerprint density at radius 2 is 2.00 bits per heavy atom. The van der Waals surface area contributed by atoms with Gasteiger partial charge in [-0.25, -0.2) is 9.18 Å². The van der Waals surface area contributed by atoms with Crippen LogP contribution >= 0.6 is 0 Å². The van der Waals surface area contributed by atoms with Crippen LogP contribution in [-0.2, 0) is 6.42 Å². The molecule has 0 radical (unpaired) electrons. The quantitative estimate of drug-likeness (QED) is 0.826. The van der Waals surface area contributed by atoms with Crippen molar-refractivity contribution in [1.82, 2.24) is 9.47 Å². The lowest BCUT2D eigenvalue weighted by Gasteiger charge is -2.35. The first-order chi connectivity index (χ1) is 12.4. The maximum Gasteiger partial charge on any atom is 0.511 e. The third-order valence-corrected chi connectivity index (χ3v) is 5.30. The van der Waals surface area contributed by atoms with Crippen molar-refractivity contribution in [3.8, 4) is 5.75 Å². The standard InChI is InChI=1S/C18H20FN3O4/c1-10-7-11-15-12(17(23)14(9-22(10)15)26-18(24)25)8-13(19)16(11)21-5-3-20(2)4-6-21/h8-10H,3-7H2,1-2H3,(H,24,25). The van der Waals surface area contributed by atoms with Crippen LogP contribution in [0.15, 0.2) is 17.1 Å². The van der Waals surface area contributed by atoms with E-state index in [0.29, 0.717) is 17.6 Å². The molecule has 138 valence electrons. The molecule has 4 rings (SSSR count). The van der Waals surface area contributed by atoms with E-state index >= 15 is 4.39 Å². The number of halogens is 1. The molecular weight excluding hydrogens is 341 g/mol. The molecule has 2 aromatic rings. The lowest BCUT2D eigenvalue weighted by atomic mass is 10.0. The summed E-state index contributed by atoms with van der Waals surface area (Å²) < 4.78 is 21.4. The highest BCUT2D eigenvalue weighted by Crippen LogP contribution is 2.40. The number of carbonyl (C=O) groups is 1. The lowest BCUT2D eigenvalue weighted by molar-refractivity contribution is 0.143. The zero-order chi connectivity index (χ0) is 18.6. The van der Waals surface area contributed by atoms with Gasteiger partial charge >= 0.3 is 6.16 Å². The van der Waals surface area contributed by atoms with Crippen LogP contribution in [0, 0.1) is 5.82 Å². The average molecular weight is 361 g/mol. The summed E-state index contributed by atoms with van der Waals surface area (Å²) in [5.74, 6) is -0.737. The van der Waals surface area contributed by atoms with E-state index in [1.54, 1.807) is 0 Å². The number of hydrogen-bond donors (Lipinski definition) is 1.